The molecule has 3 N–H and O–H groups in total. The normalized spacial score (nSPS) is 24.7. The number of nitrogens with one attached hydrogen (secondary N) is 1. The lowest BCUT2D eigenvalue weighted by molar-refractivity contribution is 0.370. The summed E-state index contributed by atoms with van der Waals surface area (Å²) in [6, 6.07) is 11.2. The van der Waals surface area contributed by atoms with Crippen molar-refractivity contribution in [3.8, 4) is 17.2 Å². The number of methoxy groups -OCH3 is 1. The predicted molar refractivity (Wildman–Crippen MR) is 89.1 cm³/mol. The van der Waals surface area contributed by atoms with E-state index in [4.69, 9.17) is 4.74 Å². The van der Waals surface area contributed by atoms with Crippen molar-refractivity contribution in [2.24, 2.45) is 5.92 Å². The van der Waals surface area contributed by atoms with Crippen LogP contribution in [0.15, 0.2) is 48.6 Å². The second-order valence-corrected chi connectivity index (χ2v) is 6.18. The van der Waals surface area contributed by atoms with Gasteiger partial charge in [0.15, 0.2) is 11.5 Å². The lowest BCUT2D eigenvalue weighted by Gasteiger charge is -2.37. The fourth-order valence-electron chi connectivity index (χ4n) is 3.81. The average molecular weight is 309 g/mol. The highest BCUT2D eigenvalue weighted by Gasteiger charge is 2.38. The van der Waals surface area contributed by atoms with Crippen molar-refractivity contribution in [3.05, 3.63) is 59.7 Å². The van der Waals surface area contributed by atoms with E-state index < -0.39 is 0 Å². The zero-order valence-electron chi connectivity index (χ0n) is 12.9. The van der Waals surface area contributed by atoms with Gasteiger partial charge in [-0.3, -0.25) is 0 Å². The Morgan fingerprint density at radius 2 is 2.00 bits per heavy atom. The minimum absolute atomic E-state index is 0.115. The summed E-state index contributed by atoms with van der Waals surface area (Å²) in [5, 5.41) is 23.5. The summed E-state index contributed by atoms with van der Waals surface area (Å²) in [7, 11) is 1.55. The van der Waals surface area contributed by atoms with Crippen LogP contribution in [0.4, 0.5) is 5.69 Å². The van der Waals surface area contributed by atoms with Gasteiger partial charge in [-0.2, -0.15) is 0 Å². The number of aromatic hydroxyl groups is 2. The monoisotopic (exact) mass is 309 g/mol. The number of allylic oxidation sites excluding steroid dienone is 2. The fourth-order valence-corrected chi connectivity index (χ4v) is 3.81. The first-order chi connectivity index (χ1) is 11.2. The lowest BCUT2D eigenvalue weighted by atomic mass is 9.77. The van der Waals surface area contributed by atoms with Crippen molar-refractivity contribution in [1.29, 1.82) is 0 Å². The van der Waals surface area contributed by atoms with Crippen LogP contribution in [0.5, 0.6) is 17.2 Å². The Morgan fingerprint density at radius 1 is 1.13 bits per heavy atom. The molecule has 2 aromatic rings. The Balaban J connectivity index is 1.76. The van der Waals surface area contributed by atoms with Gasteiger partial charge in [-0.15, -0.1) is 0 Å². The number of fused-ring (bicyclic) bond motifs is 3. The summed E-state index contributed by atoms with van der Waals surface area (Å²) >= 11 is 0. The molecule has 3 unspecified atom stereocenters. The first-order valence-electron chi connectivity index (χ1n) is 7.80. The molecule has 3 atom stereocenters. The van der Waals surface area contributed by atoms with Crippen LogP contribution in [0.3, 0.4) is 0 Å². The van der Waals surface area contributed by atoms with E-state index in [1.807, 2.05) is 18.2 Å². The quantitative estimate of drug-likeness (QED) is 0.581. The number of ether oxygens (including phenoxy) is 1. The van der Waals surface area contributed by atoms with Gasteiger partial charge >= 0.3 is 0 Å². The molecule has 1 aliphatic carbocycles. The highest BCUT2D eigenvalue weighted by molar-refractivity contribution is 5.62. The molecular weight excluding hydrogens is 290 g/mol. The van der Waals surface area contributed by atoms with Gasteiger partial charge in [0.2, 0.25) is 0 Å². The summed E-state index contributed by atoms with van der Waals surface area (Å²) in [4.78, 5) is 0. The lowest BCUT2D eigenvalue weighted by Crippen LogP contribution is -2.28. The largest absolute Gasteiger partial charge is 0.508 e. The van der Waals surface area contributed by atoms with E-state index in [0.29, 0.717) is 17.4 Å². The molecule has 4 heteroatoms. The first-order valence-corrected chi connectivity index (χ1v) is 7.80. The van der Waals surface area contributed by atoms with Crippen LogP contribution in [0.1, 0.15) is 29.5 Å². The summed E-state index contributed by atoms with van der Waals surface area (Å²) in [5.74, 6) is 1.59. The van der Waals surface area contributed by atoms with Crippen molar-refractivity contribution in [2.75, 3.05) is 12.4 Å². The van der Waals surface area contributed by atoms with Gasteiger partial charge in [0, 0.05) is 11.6 Å². The van der Waals surface area contributed by atoms with Crippen molar-refractivity contribution in [1.82, 2.24) is 0 Å². The van der Waals surface area contributed by atoms with Gasteiger partial charge < -0.3 is 20.3 Å². The van der Waals surface area contributed by atoms with E-state index >= 15 is 0 Å². The molecule has 0 amide bonds. The average Bonchev–Trinajstić information content (AvgIpc) is 3.04. The van der Waals surface area contributed by atoms with E-state index in [0.717, 1.165) is 23.2 Å². The zero-order chi connectivity index (χ0) is 16.0. The fraction of sp³-hybridized carbons (Fsp3) is 0.263. The third kappa shape index (κ3) is 2.22. The molecule has 2 aliphatic rings. The van der Waals surface area contributed by atoms with Crippen molar-refractivity contribution < 1.29 is 14.9 Å². The van der Waals surface area contributed by atoms with Crippen LogP contribution in [0.25, 0.3) is 0 Å². The maximum Gasteiger partial charge on any atom is 0.160 e. The van der Waals surface area contributed by atoms with Crippen LogP contribution in [0.2, 0.25) is 0 Å². The number of hydrogen-bond donors (Lipinski definition) is 3. The molecule has 1 heterocycles. The Kier molecular flexibility index (Phi) is 3.18. The molecule has 2 aromatic carbocycles. The molecule has 0 radical (unpaired) electrons. The standard InChI is InChI=1S/C19H19NO3/c1-23-18-8-5-11(9-17(18)22)19-14-4-2-3-13(14)15-10-12(21)6-7-16(15)20-19/h2-3,5-10,13-14,19-22H,4H2,1H3. The summed E-state index contributed by atoms with van der Waals surface area (Å²) in [6.07, 6.45) is 5.40. The number of phenolic OH excluding ortho intramolecular Hbond substituents is 2. The minimum atomic E-state index is 0.115. The molecule has 0 spiro atoms. The Labute approximate surface area is 135 Å². The highest BCUT2D eigenvalue weighted by Crippen LogP contribution is 2.50. The van der Waals surface area contributed by atoms with Crippen LogP contribution >= 0.6 is 0 Å². The van der Waals surface area contributed by atoms with Crippen molar-refractivity contribution in [2.45, 2.75) is 18.4 Å². The smallest absolute Gasteiger partial charge is 0.160 e. The molecule has 4 rings (SSSR count). The highest BCUT2D eigenvalue weighted by atomic mass is 16.5. The maximum absolute atomic E-state index is 10.1. The van der Waals surface area contributed by atoms with Gasteiger partial charge in [-0.05, 0) is 53.8 Å². The molecule has 0 bridgehead atoms. The van der Waals surface area contributed by atoms with Crippen LogP contribution in [-0.4, -0.2) is 17.3 Å². The van der Waals surface area contributed by atoms with Crippen molar-refractivity contribution in [3.63, 3.8) is 0 Å². The SMILES string of the molecule is COc1ccc(C2Nc3ccc(O)cc3C3C=CCC32)cc1O. The molecule has 0 saturated heterocycles. The van der Waals surface area contributed by atoms with E-state index in [1.165, 1.54) is 0 Å². The topological polar surface area (TPSA) is 61.7 Å². The zero-order valence-corrected chi connectivity index (χ0v) is 12.9. The Morgan fingerprint density at radius 3 is 2.78 bits per heavy atom. The molecule has 118 valence electrons. The molecular formula is C19H19NO3. The molecule has 4 nitrogen and oxygen atoms in total. The van der Waals surface area contributed by atoms with Crippen LogP contribution in [0, 0.1) is 5.92 Å². The Bertz CT molecular complexity index is 784. The minimum Gasteiger partial charge on any atom is -0.508 e. The van der Waals surface area contributed by atoms with Gasteiger partial charge in [-0.25, -0.2) is 0 Å². The molecule has 23 heavy (non-hydrogen) atoms. The number of phenols is 2. The molecule has 1 aliphatic heterocycles. The third-order valence-corrected chi connectivity index (χ3v) is 4.91. The summed E-state index contributed by atoms with van der Waals surface area (Å²) in [5.41, 5.74) is 3.22. The Hall–Kier alpha value is -2.62. The number of anilines is 1. The van der Waals surface area contributed by atoms with E-state index in [9.17, 15) is 10.2 Å². The second-order valence-electron chi connectivity index (χ2n) is 6.18. The molecule has 0 saturated carbocycles. The van der Waals surface area contributed by atoms with Crippen molar-refractivity contribution >= 4 is 5.69 Å². The number of rotatable bonds is 2. The van der Waals surface area contributed by atoms with Crippen LogP contribution in [-0.2, 0) is 0 Å². The van der Waals surface area contributed by atoms with Crippen LogP contribution < -0.4 is 10.1 Å². The van der Waals surface area contributed by atoms with E-state index in [1.54, 1.807) is 25.3 Å². The predicted octanol–water partition coefficient (Wildman–Crippen LogP) is 3.93. The number of benzene rings is 2. The maximum atomic E-state index is 10.1. The van der Waals surface area contributed by atoms with Gasteiger partial charge in [0.25, 0.3) is 0 Å². The van der Waals surface area contributed by atoms with Gasteiger partial charge in [0.05, 0.1) is 13.2 Å². The summed E-state index contributed by atoms with van der Waals surface area (Å²) in [6.45, 7) is 0. The second kappa shape index (κ2) is 5.23. The van der Waals surface area contributed by atoms with E-state index in [2.05, 4.69) is 17.5 Å². The molecule has 0 aromatic heterocycles. The first kappa shape index (κ1) is 14.0. The van der Waals surface area contributed by atoms with Gasteiger partial charge in [-0.1, -0.05) is 18.2 Å². The summed E-state index contributed by atoms with van der Waals surface area (Å²) < 4.78 is 5.13. The number of hydrogen-bond acceptors (Lipinski definition) is 4. The van der Waals surface area contributed by atoms with E-state index in [-0.39, 0.29) is 17.7 Å². The molecule has 0 fully saturated rings. The van der Waals surface area contributed by atoms with Gasteiger partial charge in [0.1, 0.15) is 5.75 Å². The third-order valence-electron chi connectivity index (χ3n) is 4.91.